The maximum absolute atomic E-state index is 13.3. The molecule has 6 aliphatic rings. The number of nitrogens with zero attached hydrogens (tertiary/aromatic N) is 1. The molecule has 8 atom stereocenters. The molecule has 6 heteroatoms. The number of anilines is 1. The summed E-state index contributed by atoms with van der Waals surface area (Å²) in [5, 5.41) is 0.427. The first kappa shape index (κ1) is 20.5. The van der Waals surface area contributed by atoms with Crippen LogP contribution in [-0.2, 0) is 9.59 Å². The van der Waals surface area contributed by atoms with E-state index in [4.69, 9.17) is 16.3 Å². The van der Waals surface area contributed by atoms with Crippen LogP contribution in [0.4, 0.5) is 5.69 Å². The Morgan fingerprint density at radius 1 is 0.941 bits per heavy atom. The molecule has 2 bridgehead atoms. The van der Waals surface area contributed by atoms with Crippen molar-refractivity contribution in [2.24, 2.45) is 41.4 Å². The van der Waals surface area contributed by atoms with Gasteiger partial charge in [0.25, 0.3) is 0 Å². The fourth-order valence-corrected chi connectivity index (χ4v) is 7.23. The predicted molar refractivity (Wildman–Crippen MR) is 127 cm³/mol. The van der Waals surface area contributed by atoms with E-state index in [2.05, 4.69) is 12.2 Å². The van der Waals surface area contributed by atoms with E-state index in [-0.39, 0.29) is 53.1 Å². The number of ether oxygens (including phenoxy) is 1. The molecule has 5 nitrogen and oxygen atoms in total. The second kappa shape index (κ2) is 7.05. The highest BCUT2D eigenvalue weighted by Gasteiger charge is 2.67. The zero-order valence-corrected chi connectivity index (χ0v) is 19.4. The summed E-state index contributed by atoms with van der Waals surface area (Å²) in [7, 11) is 1.55. The molecule has 0 radical (unpaired) electrons. The van der Waals surface area contributed by atoms with Gasteiger partial charge in [-0.25, -0.2) is 0 Å². The lowest BCUT2D eigenvalue weighted by atomic mass is 9.63. The minimum atomic E-state index is -0.187. The van der Waals surface area contributed by atoms with Gasteiger partial charge in [0.15, 0.2) is 5.78 Å². The highest BCUT2D eigenvalue weighted by molar-refractivity contribution is 6.32. The van der Waals surface area contributed by atoms with Crippen molar-refractivity contribution < 1.29 is 19.1 Å². The summed E-state index contributed by atoms with van der Waals surface area (Å²) in [6.45, 7) is 0. The monoisotopic (exact) mass is 473 g/mol. The van der Waals surface area contributed by atoms with Crippen LogP contribution in [0.15, 0.2) is 54.6 Å². The Balaban J connectivity index is 1.08. The van der Waals surface area contributed by atoms with E-state index in [9.17, 15) is 14.4 Å². The molecule has 1 aliphatic heterocycles. The Kier molecular flexibility index (Phi) is 4.24. The number of methoxy groups -OCH3 is 1. The molecule has 34 heavy (non-hydrogen) atoms. The van der Waals surface area contributed by atoms with Gasteiger partial charge in [0.1, 0.15) is 5.75 Å². The van der Waals surface area contributed by atoms with E-state index in [1.54, 1.807) is 25.3 Å². The van der Waals surface area contributed by atoms with Crippen LogP contribution in [0.2, 0.25) is 5.02 Å². The number of carbonyl (C=O) groups is 3. The number of carbonyl (C=O) groups excluding carboxylic acids is 3. The fourth-order valence-electron chi connectivity index (χ4n) is 6.97. The molecule has 8 rings (SSSR count). The lowest BCUT2D eigenvalue weighted by Gasteiger charge is -2.37. The fraction of sp³-hybridized carbons (Fsp3) is 0.393. The largest absolute Gasteiger partial charge is 0.495 e. The summed E-state index contributed by atoms with van der Waals surface area (Å²) in [6, 6.07) is 12.8. The average Bonchev–Trinajstić information content (AvgIpc) is 3.77. The van der Waals surface area contributed by atoms with E-state index in [0.717, 1.165) is 18.4 Å². The molecule has 3 saturated carbocycles. The van der Waals surface area contributed by atoms with Crippen LogP contribution in [0.1, 0.15) is 34.7 Å². The van der Waals surface area contributed by atoms with Gasteiger partial charge in [0, 0.05) is 11.5 Å². The molecule has 1 saturated heterocycles. The standard InChI is InChI=1S/C28H24ClNO4/c1-34-23-9-4-14(10-22(23)29)26(31)21-11-18(21)13-2-5-15(6-3-13)30-27(32)24-16-7-8-17(20-12-19(16)20)25(24)28(30)33/h2-10,16-21,24-25H,11-12H2,1H3. The Morgan fingerprint density at radius 3 is 2.18 bits per heavy atom. The topological polar surface area (TPSA) is 63.7 Å². The summed E-state index contributed by atoms with van der Waals surface area (Å²) >= 11 is 6.19. The number of amides is 2. The Hall–Kier alpha value is -2.92. The van der Waals surface area contributed by atoms with Gasteiger partial charge in [-0.2, -0.15) is 0 Å². The average molecular weight is 474 g/mol. The van der Waals surface area contributed by atoms with Crippen molar-refractivity contribution >= 4 is 34.9 Å². The predicted octanol–water partition coefficient (Wildman–Crippen LogP) is 4.89. The second-order valence-corrected chi connectivity index (χ2v) is 10.8. The number of hydrogen-bond donors (Lipinski definition) is 0. The van der Waals surface area contributed by atoms with Crippen LogP contribution in [0.25, 0.3) is 0 Å². The highest BCUT2D eigenvalue weighted by atomic mass is 35.5. The van der Waals surface area contributed by atoms with E-state index in [1.165, 1.54) is 4.90 Å². The van der Waals surface area contributed by atoms with Gasteiger partial charge in [0.2, 0.25) is 11.8 Å². The SMILES string of the molecule is COc1ccc(C(=O)C2CC2c2ccc(N3C(=O)C4C5C=CC(C6CC56)C4C3=O)cc2)cc1Cl. The third kappa shape index (κ3) is 2.76. The number of allylic oxidation sites excluding steroid dienone is 2. The Bertz CT molecular complexity index is 1250. The minimum Gasteiger partial charge on any atom is -0.495 e. The second-order valence-electron chi connectivity index (χ2n) is 10.4. The van der Waals surface area contributed by atoms with Gasteiger partial charge in [-0.15, -0.1) is 0 Å². The highest BCUT2D eigenvalue weighted by Crippen LogP contribution is 2.65. The van der Waals surface area contributed by atoms with Crippen molar-refractivity contribution in [3.8, 4) is 5.75 Å². The van der Waals surface area contributed by atoms with Crippen molar-refractivity contribution in [1.82, 2.24) is 0 Å². The lowest BCUT2D eigenvalue weighted by Crippen LogP contribution is -2.40. The van der Waals surface area contributed by atoms with Crippen LogP contribution in [0.5, 0.6) is 5.75 Å². The van der Waals surface area contributed by atoms with Crippen molar-refractivity contribution in [3.05, 3.63) is 70.8 Å². The van der Waals surface area contributed by atoms with Crippen molar-refractivity contribution in [3.63, 3.8) is 0 Å². The van der Waals surface area contributed by atoms with Gasteiger partial charge >= 0.3 is 0 Å². The van der Waals surface area contributed by atoms with E-state index < -0.39 is 0 Å². The van der Waals surface area contributed by atoms with Gasteiger partial charge < -0.3 is 4.74 Å². The van der Waals surface area contributed by atoms with Crippen molar-refractivity contribution in [2.75, 3.05) is 12.0 Å². The first-order valence-corrected chi connectivity index (χ1v) is 12.4. The molecule has 0 aromatic heterocycles. The third-order valence-electron chi connectivity index (χ3n) is 8.81. The number of halogens is 1. The van der Waals surface area contributed by atoms with Crippen LogP contribution in [-0.4, -0.2) is 24.7 Å². The maximum atomic E-state index is 13.3. The summed E-state index contributed by atoms with van der Waals surface area (Å²) in [4.78, 5) is 41.0. The van der Waals surface area contributed by atoms with E-state index in [1.807, 2.05) is 24.3 Å². The number of Topliss-reactive ketones (excluding diaryl/α,β-unsaturated/α-hetero) is 1. The summed E-state index contributed by atoms with van der Waals surface area (Å²) in [5.74, 6) is 1.88. The zero-order chi connectivity index (χ0) is 23.3. The van der Waals surface area contributed by atoms with Crippen LogP contribution in [0, 0.1) is 41.4 Å². The molecule has 0 N–H and O–H groups in total. The molecule has 5 aliphatic carbocycles. The third-order valence-corrected chi connectivity index (χ3v) is 9.10. The molecule has 2 amide bonds. The number of ketones is 1. The molecule has 4 fully saturated rings. The van der Waals surface area contributed by atoms with Gasteiger partial charge in [-0.1, -0.05) is 35.9 Å². The number of imide groups is 1. The van der Waals surface area contributed by atoms with Gasteiger partial charge in [0.05, 0.1) is 29.7 Å². The van der Waals surface area contributed by atoms with E-state index >= 15 is 0 Å². The first-order valence-electron chi connectivity index (χ1n) is 12.0. The van der Waals surface area contributed by atoms with Crippen molar-refractivity contribution in [1.29, 1.82) is 0 Å². The van der Waals surface area contributed by atoms with Crippen molar-refractivity contribution in [2.45, 2.75) is 18.8 Å². The Labute approximate surface area is 202 Å². The van der Waals surface area contributed by atoms with E-state index in [0.29, 0.717) is 33.9 Å². The Morgan fingerprint density at radius 2 is 1.59 bits per heavy atom. The lowest BCUT2D eigenvalue weighted by molar-refractivity contribution is -0.124. The summed E-state index contributed by atoms with van der Waals surface area (Å²) < 4.78 is 5.17. The molecular weight excluding hydrogens is 450 g/mol. The molecule has 2 aromatic carbocycles. The number of benzene rings is 2. The van der Waals surface area contributed by atoms with Gasteiger partial charge in [-0.3, -0.25) is 19.3 Å². The molecule has 1 heterocycles. The quantitative estimate of drug-likeness (QED) is 0.352. The van der Waals surface area contributed by atoms with Crippen LogP contribution < -0.4 is 9.64 Å². The maximum Gasteiger partial charge on any atom is 0.238 e. The summed E-state index contributed by atoms with van der Waals surface area (Å²) in [6.07, 6.45) is 6.33. The van der Waals surface area contributed by atoms with Crippen LogP contribution >= 0.6 is 11.6 Å². The van der Waals surface area contributed by atoms with Crippen LogP contribution in [0.3, 0.4) is 0 Å². The normalized spacial score (nSPS) is 36.4. The molecular formula is C28H24ClNO4. The molecule has 8 unspecified atom stereocenters. The number of rotatable bonds is 5. The molecule has 172 valence electrons. The minimum absolute atomic E-state index is 0.0386. The molecule has 0 spiro atoms. The van der Waals surface area contributed by atoms with Gasteiger partial charge in [-0.05, 0) is 78.3 Å². The smallest absolute Gasteiger partial charge is 0.238 e. The number of hydrogen-bond acceptors (Lipinski definition) is 4. The summed E-state index contributed by atoms with van der Waals surface area (Å²) in [5.41, 5.74) is 2.29. The first-order chi connectivity index (χ1) is 16.5. The molecule has 2 aromatic rings. The zero-order valence-electron chi connectivity index (χ0n) is 18.7.